The minimum atomic E-state index is -0.686. The van der Waals surface area contributed by atoms with Crippen LogP contribution in [-0.2, 0) is 14.0 Å². The number of aldehydes is 1. The van der Waals surface area contributed by atoms with Gasteiger partial charge in [-0.1, -0.05) is 6.07 Å². The average molecular weight is 396 g/mol. The molecule has 0 radical (unpaired) electrons. The fraction of sp³-hybridized carbons (Fsp3) is 0.364. The zero-order valence-corrected chi connectivity index (χ0v) is 17.4. The monoisotopic (exact) mass is 396 g/mol. The molecule has 1 heterocycles. The van der Waals surface area contributed by atoms with Crippen molar-refractivity contribution in [2.75, 3.05) is 6.61 Å². The Labute approximate surface area is 171 Å². The van der Waals surface area contributed by atoms with Crippen molar-refractivity contribution in [3.63, 3.8) is 0 Å². The summed E-state index contributed by atoms with van der Waals surface area (Å²) in [5.74, 6) is 0.572. The second kappa shape index (κ2) is 8.01. The molecule has 2 aromatic rings. The average Bonchev–Trinajstić information content (AvgIpc) is 2.89. The Balaban J connectivity index is 1.88. The number of hydrogen-bond acceptors (Lipinski definition) is 6. The van der Waals surface area contributed by atoms with Crippen LogP contribution in [0.2, 0.25) is 0 Å². The molecule has 1 fully saturated rings. The summed E-state index contributed by atoms with van der Waals surface area (Å²) in [6, 6.07) is 11.8. The first kappa shape index (κ1) is 21.1. The van der Waals surface area contributed by atoms with Gasteiger partial charge in [0.05, 0.1) is 23.4 Å². The van der Waals surface area contributed by atoms with Gasteiger partial charge in [0.15, 0.2) is 0 Å². The third kappa shape index (κ3) is 4.36. The molecule has 0 bridgehead atoms. The van der Waals surface area contributed by atoms with Crippen LogP contribution >= 0.6 is 0 Å². The van der Waals surface area contributed by atoms with E-state index in [1.807, 2.05) is 27.7 Å². The van der Waals surface area contributed by atoms with E-state index in [1.165, 1.54) is 0 Å². The van der Waals surface area contributed by atoms with Crippen molar-refractivity contribution in [1.29, 1.82) is 0 Å². The maximum atomic E-state index is 11.9. The lowest BCUT2D eigenvalue weighted by molar-refractivity contribution is 0.00578. The number of esters is 1. The molecule has 0 saturated carbocycles. The molecule has 152 valence electrons. The summed E-state index contributed by atoms with van der Waals surface area (Å²) in [5.41, 5.74) is 0.416. The number of carbonyl (C=O) groups excluding carboxylic acids is 2. The van der Waals surface area contributed by atoms with Crippen LogP contribution in [0, 0.1) is 0 Å². The van der Waals surface area contributed by atoms with Crippen LogP contribution in [0.4, 0.5) is 0 Å². The van der Waals surface area contributed by atoms with Gasteiger partial charge in [0, 0.05) is 5.56 Å². The second-order valence-electron chi connectivity index (χ2n) is 7.85. The van der Waals surface area contributed by atoms with Crippen LogP contribution in [-0.4, -0.2) is 37.2 Å². The quantitative estimate of drug-likeness (QED) is 0.421. The summed E-state index contributed by atoms with van der Waals surface area (Å²) in [5, 5.41) is 0. The van der Waals surface area contributed by atoms with Crippen LogP contribution in [0.15, 0.2) is 42.5 Å². The molecule has 1 aliphatic heterocycles. The Morgan fingerprint density at radius 3 is 2.31 bits per heavy atom. The van der Waals surface area contributed by atoms with Crippen molar-refractivity contribution >= 4 is 24.8 Å². The molecule has 0 atom stereocenters. The first-order chi connectivity index (χ1) is 13.7. The SMILES string of the molecule is CCOC(=O)c1cccc(Oc2ccc(C=O)c(B3OC(C)(C)C(C)(C)O3)c2)c1. The predicted octanol–water partition coefficient (Wildman–Crippen LogP) is 3.77. The van der Waals surface area contributed by atoms with Gasteiger partial charge >= 0.3 is 13.1 Å². The van der Waals surface area contributed by atoms with Crippen molar-refractivity contribution in [3.05, 3.63) is 53.6 Å². The van der Waals surface area contributed by atoms with Gasteiger partial charge in [-0.2, -0.15) is 0 Å². The molecule has 29 heavy (non-hydrogen) atoms. The summed E-state index contributed by atoms with van der Waals surface area (Å²) in [6.45, 7) is 9.87. The zero-order chi connectivity index (χ0) is 21.2. The Kier molecular flexibility index (Phi) is 5.82. The van der Waals surface area contributed by atoms with E-state index in [1.54, 1.807) is 49.4 Å². The van der Waals surface area contributed by atoms with E-state index in [2.05, 4.69) is 0 Å². The molecular formula is C22H25BO6. The van der Waals surface area contributed by atoms with Gasteiger partial charge < -0.3 is 18.8 Å². The van der Waals surface area contributed by atoms with Crippen molar-refractivity contribution in [2.45, 2.75) is 45.8 Å². The largest absolute Gasteiger partial charge is 0.495 e. The minimum Gasteiger partial charge on any atom is -0.462 e. The van der Waals surface area contributed by atoms with Crippen LogP contribution in [0.1, 0.15) is 55.3 Å². The molecule has 0 unspecified atom stereocenters. The van der Waals surface area contributed by atoms with Crippen LogP contribution < -0.4 is 10.2 Å². The van der Waals surface area contributed by atoms with Crippen molar-refractivity contribution in [2.24, 2.45) is 0 Å². The molecule has 7 heteroatoms. The molecule has 3 rings (SSSR count). The minimum absolute atomic E-state index is 0.300. The van der Waals surface area contributed by atoms with Crippen molar-refractivity contribution < 1.29 is 28.4 Å². The predicted molar refractivity (Wildman–Crippen MR) is 110 cm³/mol. The number of benzene rings is 2. The van der Waals surface area contributed by atoms with Gasteiger partial charge in [-0.05, 0) is 76.5 Å². The standard InChI is InChI=1S/C22H25BO6/c1-6-26-20(25)15-8-7-9-17(12-15)27-18-11-10-16(14-24)19(13-18)23-28-21(2,3)22(4,5)29-23/h7-14H,6H2,1-5H3. The van der Waals surface area contributed by atoms with Crippen LogP contribution in [0.3, 0.4) is 0 Å². The van der Waals surface area contributed by atoms with Gasteiger partial charge in [-0.3, -0.25) is 4.79 Å². The molecule has 1 aliphatic rings. The fourth-order valence-corrected chi connectivity index (χ4v) is 2.93. The van der Waals surface area contributed by atoms with Crippen molar-refractivity contribution in [1.82, 2.24) is 0 Å². The summed E-state index contributed by atoms with van der Waals surface area (Å²) < 4.78 is 23.1. The Morgan fingerprint density at radius 1 is 1.03 bits per heavy atom. The Morgan fingerprint density at radius 2 is 1.69 bits per heavy atom. The number of rotatable bonds is 6. The molecule has 1 saturated heterocycles. The van der Waals surface area contributed by atoms with Gasteiger partial charge in [-0.25, -0.2) is 4.79 Å². The third-order valence-electron chi connectivity index (χ3n) is 5.27. The van der Waals surface area contributed by atoms with E-state index in [4.69, 9.17) is 18.8 Å². The lowest BCUT2D eigenvalue weighted by Gasteiger charge is -2.32. The van der Waals surface area contributed by atoms with E-state index in [-0.39, 0.29) is 0 Å². The molecule has 0 aromatic heterocycles. The number of carbonyl (C=O) groups is 2. The first-order valence-corrected chi connectivity index (χ1v) is 9.56. The highest BCUT2D eigenvalue weighted by Gasteiger charge is 2.52. The van der Waals surface area contributed by atoms with Gasteiger partial charge in [-0.15, -0.1) is 0 Å². The van der Waals surface area contributed by atoms with E-state index >= 15 is 0 Å². The summed E-state index contributed by atoms with van der Waals surface area (Å²) >= 11 is 0. The summed E-state index contributed by atoms with van der Waals surface area (Å²) in [4.78, 5) is 23.5. The normalized spacial score (nSPS) is 17.1. The van der Waals surface area contributed by atoms with E-state index in [0.29, 0.717) is 34.7 Å². The smallest absolute Gasteiger partial charge is 0.462 e. The van der Waals surface area contributed by atoms with E-state index in [0.717, 1.165) is 6.29 Å². The molecule has 0 N–H and O–H groups in total. The van der Waals surface area contributed by atoms with E-state index in [9.17, 15) is 9.59 Å². The number of hydrogen-bond donors (Lipinski definition) is 0. The van der Waals surface area contributed by atoms with E-state index < -0.39 is 24.3 Å². The second-order valence-corrected chi connectivity index (χ2v) is 7.85. The fourth-order valence-electron chi connectivity index (χ4n) is 2.93. The topological polar surface area (TPSA) is 71.1 Å². The maximum absolute atomic E-state index is 11.9. The molecular weight excluding hydrogens is 371 g/mol. The highest BCUT2D eigenvalue weighted by molar-refractivity contribution is 6.63. The van der Waals surface area contributed by atoms with Crippen LogP contribution in [0.25, 0.3) is 0 Å². The molecule has 0 amide bonds. The molecule has 0 spiro atoms. The highest BCUT2D eigenvalue weighted by Crippen LogP contribution is 2.37. The third-order valence-corrected chi connectivity index (χ3v) is 5.27. The number of ether oxygens (including phenoxy) is 2. The maximum Gasteiger partial charge on any atom is 0.495 e. The summed E-state index contributed by atoms with van der Waals surface area (Å²) in [6.07, 6.45) is 0.769. The van der Waals surface area contributed by atoms with Gasteiger partial charge in [0.1, 0.15) is 17.8 Å². The molecule has 2 aromatic carbocycles. The lowest BCUT2D eigenvalue weighted by atomic mass is 9.76. The van der Waals surface area contributed by atoms with Gasteiger partial charge in [0.25, 0.3) is 0 Å². The lowest BCUT2D eigenvalue weighted by Crippen LogP contribution is -2.41. The zero-order valence-electron chi connectivity index (χ0n) is 17.4. The van der Waals surface area contributed by atoms with Crippen LogP contribution in [0.5, 0.6) is 11.5 Å². The highest BCUT2D eigenvalue weighted by atomic mass is 16.7. The Hall–Kier alpha value is -2.64. The Bertz CT molecular complexity index is 905. The van der Waals surface area contributed by atoms with Gasteiger partial charge in [0.2, 0.25) is 0 Å². The van der Waals surface area contributed by atoms with Crippen molar-refractivity contribution in [3.8, 4) is 11.5 Å². The summed E-state index contributed by atoms with van der Waals surface area (Å²) in [7, 11) is -0.686. The molecule has 6 nitrogen and oxygen atoms in total. The molecule has 0 aliphatic carbocycles. The first-order valence-electron chi connectivity index (χ1n) is 9.56.